The van der Waals surface area contributed by atoms with Crippen LogP contribution in [0, 0.1) is 11.3 Å². The van der Waals surface area contributed by atoms with Crippen molar-refractivity contribution in [3.63, 3.8) is 0 Å². The van der Waals surface area contributed by atoms with Crippen LogP contribution in [0.4, 0.5) is 0 Å². The van der Waals surface area contributed by atoms with E-state index >= 15 is 0 Å². The van der Waals surface area contributed by atoms with Crippen LogP contribution in [0.25, 0.3) is 0 Å². The Morgan fingerprint density at radius 1 is 1.19 bits per heavy atom. The number of hydrogen-bond acceptors (Lipinski definition) is 6. The Bertz CT molecular complexity index is 751. The van der Waals surface area contributed by atoms with Crippen LogP contribution in [-0.2, 0) is 14.3 Å². The summed E-state index contributed by atoms with van der Waals surface area (Å²) in [6, 6.07) is 5.19. The quantitative estimate of drug-likeness (QED) is 0.529. The van der Waals surface area contributed by atoms with Gasteiger partial charge in [-0.05, 0) is 36.8 Å². The molecule has 146 valence electrons. The Morgan fingerprint density at radius 3 is 2.44 bits per heavy atom. The van der Waals surface area contributed by atoms with E-state index in [0.29, 0.717) is 35.0 Å². The maximum absolute atomic E-state index is 11.9. The molecule has 1 aromatic rings. The molecular formula is C21H26O6. The molecule has 0 saturated carbocycles. The van der Waals surface area contributed by atoms with Crippen molar-refractivity contribution < 1.29 is 28.8 Å². The topological polar surface area (TPSA) is 74.2 Å². The highest BCUT2D eigenvalue weighted by Gasteiger charge is 2.41. The highest BCUT2D eigenvalue weighted by molar-refractivity contribution is 5.69. The number of rotatable bonds is 9. The van der Waals surface area contributed by atoms with Crippen LogP contribution >= 0.6 is 0 Å². The van der Waals surface area contributed by atoms with Crippen molar-refractivity contribution in [1.82, 2.24) is 0 Å². The van der Waals surface area contributed by atoms with Gasteiger partial charge in [-0.3, -0.25) is 0 Å². The lowest BCUT2D eigenvalue weighted by molar-refractivity contribution is -0.114. The first-order valence-electron chi connectivity index (χ1n) is 8.50. The summed E-state index contributed by atoms with van der Waals surface area (Å²) in [4.78, 5) is 11.9. The van der Waals surface area contributed by atoms with Gasteiger partial charge in [0, 0.05) is 5.56 Å². The van der Waals surface area contributed by atoms with Crippen LogP contribution in [0.1, 0.15) is 18.1 Å². The molecule has 27 heavy (non-hydrogen) atoms. The summed E-state index contributed by atoms with van der Waals surface area (Å²) in [5, 5.41) is 11.1. The third kappa shape index (κ3) is 3.85. The fraction of sp³-hybridized carbons (Fsp3) is 0.381. The Hall–Kier alpha value is -2.73. The average molecular weight is 374 g/mol. The molecule has 2 rings (SSSR count). The van der Waals surface area contributed by atoms with Gasteiger partial charge in [-0.1, -0.05) is 6.08 Å². The molecule has 0 radical (unpaired) electrons. The second-order valence-electron chi connectivity index (χ2n) is 6.22. The van der Waals surface area contributed by atoms with Crippen molar-refractivity contribution in [3.05, 3.63) is 60.1 Å². The zero-order chi connectivity index (χ0) is 20.0. The fourth-order valence-electron chi connectivity index (χ4n) is 3.32. The maximum atomic E-state index is 11.9. The van der Waals surface area contributed by atoms with E-state index in [4.69, 9.17) is 18.9 Å². The largest absolute Gasteiger partial charge is 0.501 e. The fourth-order valence-corrected chi connectivity index (χ4v) is 3.32. The van der Waals surface area contributed by atoms with Gasteiger partial charge >= 0.3 is 0 Å². The van der Waals surface area contributed by atoms with Crippen molar-refractivity contribution >= 4 is 6.29 Å². The summed E-state index contributed by atoms with van der Waals surface area (Å²) >= 11 is 0. The summed E-state index contributed by atoms with van der Waals surface area (Å²) in [7, 11) is 6.08. The SMILES string of the molecule is C=CC[C@@]1(C=O)C=C(OC)[C@H]([C@@H](O)c2cc(OC)ccc2OC)C=C1OC. The number of carbonyl (C=O) groups is 1. The minimum Gasteiger partial charge on any atom is -0.501 e. The molecule has 0 heterocycles. The molecule has 0 spiro atoms. The second kappa shape index (κ2) is 8.77. The highest BCUT2D eigenvalue weighted by atomic mass is 16.5. The lowest BCUT2D eigenvalue weighted by Crippen LogP contribution is -2.31. The number of aliphatic hydroxyl groups excluding tert-OH is 1. The maximum Gasteiger partial charge on any atom is 0.137 e. The number of aliphatic hydroxyl groups is 1. The van der Waals surface area contributed by atoms with Gasteiger partial charge in [0.1, 0.15) is 34.7 Å². The molecule has 0 aliphatic heterocycles. The normalized spacial score (nSPS) is 22.8. The van der Waals surface area contributed by atoms with E-state index in [9.17, 15) is 9.90 Å². The second-order valence-corrected chi connectivity index (χ2v) is 6.22. The van der Waals surface area contributed by atoms with Crippen molar-refractivity contribution in [3.8, 4) is 11.5 Å². The monoisotopic (exact) mass is 374 g/mol. The minimum absolute atomic E-state index is 0.355. The van der Waals surface area contributed by atoms with Crippen molar-refractivity contribution in [2.24, 2.45) is 11.3 Å². The van der Waals surface area contributed by atoms with Crippen LogP contribution in [0.5, 0.6) is 11.5 Å². The van der Waals surface area contributed by atoms with E-state index in [-0.39, 0.29) is 0 Å². The third-order valence-corrected chi connectivity index (χ3v) is 4.76. The third-order valence-electron chi connectivity index (χ3n) is 4.76. The Balaban J connectivity index is 2.54. The number of methoxy groups -OCH3 is 4. The summed E-state index contributed by atoms with van der Waals surface area (Å²) in [5.41, 5.74) is -0.463. The highest BCUT2D eigenvalue weighted by Crippen LogP contribution is 2.45. The lowest BCUT2D eigenvalue weighted by Gasteiger charge is -2.34. The number of hydrogen-bond donors (Lipinski definition) is 1. The summed E-state index contributed by atoms with van der Waals surface area (Å²) in [6.07, 6.45) is 5.19. The zero-order valence-electron chi connectivity index (χ0n) is 16.1. The van der Waals surface area contributed by atoms with E-state index in [1.807, 2.05) is 0 Å². The van der Waals surface area contributed by atoms with Gasteiger partial charge < -0.3 is 28.8 Å². The van der Waals surface area contributed by atoms with Crippen molar-refractivity contribution in [2.45, 2.75) is 12.5 Å². The van der Waals surface area contributed by atoms with E-state index in [1.54, 1.807) is 43.5 Å². The van der Waals surface area contributed by atoms with Gasteiger partial charge in [-0.25, -0.2) is 0 Å². The average Bonchev–Trinajstić information content (AvgIpc) is 2.72. The molecule has 1 N–H and O–H groups in total. The van der Waals surface area contributed by atoms with E-state index in [1.165, 1.54) is 21.3 Å². The van der Waals surface area contributed by atoms with Crippen molar-refractivity contribution in [2.75, 3.05) is 28.4 Å². The lowest BCUT2D eigenvalue weighted by atomic mass is 9.75. The molecule has 0 fully saturated rings. The Kier molecular flexibility index (Phi) is 6.69. The van der Waals surface area contributed by atoms with Gasteiger partial charge in [0.2, 0.25) is 0 Å². The molecule has 0 bridgehead atoms. The molecule has 1 aliphatic rings. The predicted molar refractivity (Wildman–Crippen MR) is 101 cm³/mol. The molecule has 6 heteroatoms. The number of ether oxygens (including phenoxy) is 4. The summed E-state index contributed by atoms with van der Waals surface area (Å²) in [5.74, 6) is 1.44. The van der Waals surface area contributed by atoms with E-state index in [0.717, 1.165) is 6.29 Å². The van der Waals surface area contributed by atoms with E-state index in [2.05, 4.69) is 6.58 Å². The molecule has 1 aromatic carbocycles. The van der Waals surface area contributed by atoms with Gasteiger partial charge in [0.15, 0.2) is 0 Å². The Labute approximate surface area is 159 Å². The Morgan fingerprint density at radius 2 is 1.93 bits per heavy atom. The first-order valence-corrected chi connectivity index (χ1v) is 8.50. The molecular weight excluding hydrogens is 348 g/mol. The standard InChI is InChI=1S/C21H26O6/c1-6-9-21(13-22)12-18(26-4)16(11-19(21)27-5)20(23)15-10-14(24-2)7-8-17(15)25-3/h6-8,10-13,16,20,23H,1,9H2,2-5H3/t16-,20+,21+/m1/s1. The molecule has 0 saturated heterocycles. The molecule has 0 amide bonds. The van der Waals surface area contributed by atoms with Crippen LogP contribution in [-0.4, -0.2) is 39.8 Å². The van der Waals surface area contributed by atoms with Crippen molar-refractivity contribution in [1.29, 1.82) is 0 Å². The number of carbonyl (C=O) groups excluding carboxylic acids is 1. The van der Waals surface area contributed by atoms with Crippen LogP contribution in [0.3, 0.4) is 0 Å². The number of benzene rings is 1. The van der Waals surface area contributed by atoms with Crippen LogP contribution in [0.2, 0.25) is 0 Å². The van der Waals surface area contributed by atoms with Gasteiger partial charge in [0.05, 0.1) is 40.5 Å². The van der Waals surface area contributed by atoms with Crippen LogP contribution in [0.15, 0.2) is 54.5 Å². The first kappa shape index (κ1) is 20.6. The first-order chi connectivity index (χ1) is 13.0. The minimum atomic E-state index is -1.00. The molecule has 6 nitrogen and oxygen atoms in total. The summed E-state index contributed by atoms with van der Waals surface area (Å²) in [6.45, 7) is 3.72. The van der Waals surface area contributed by atoms with Gasteiger partial charge in [-0.15, -0.1) is 6.58 Å². The van der Waals surface area contributed by atoms with Gasteiger partial charge in [0.25, 0.3) is 0 Å². The van der Waals surface area contributed by atoms with E-state index < -0.39 is 17.4 Å². The predicted octanol–water partition coefficient (Wildman–Crippen LogP) is 3.19. The number of aldehydes is 1. The smallest absolute Gasteiger partial charge is 0.137 e. The molecule has 1 aliphatic carbocycles. The zero-order valence-corrected chi connectivity index (χ0v) is 16.1. The molecule has 0 aromatic heterocycles. The van der Waals surface area contributed by atoms with Gasteiger partial charge in [-0.2, -0.15) is 0 Å². The number of allylic oxidation sites excluding steroid dienone is 2. The summed E-state index contributed by atoms with van der Waals surface area (Å²) < 4.78 is 21.6. The van der Waals surface area contributed by atoms with Crippen LogP contribution < -0.4 is 9.47 Å². The molecule has 0 unspecified atom stereocenters. The molecule has 3 atom stereocenters.